The van der Waals surface area contributed by atoms with E-state index in [0.29, 0.717) is 0 Å². The fraction of sp³-hybridized carbons (Fsp3) is 0.300. The number of nitrogens with two attached hydrogens (primary N) is 1. The molecule has 5 N–H and O–H groups in total. The number of ether oxygens (including phenoxy) is 1. The van der Waals surface area contributed by atoms with Crippen molar-refractivity contribution < 1.29 is 31.7 Å². The molecule has 16 heavy (non-hydrogen) atoms. The Balaban J connectivity index is 3.71. The van der Waals surface area contributed by atoms with Crippen LogP contribution in [0.4, 0.5) is 0 Å². The number of aliphatic hydroxyl groups is 1. The molecule has 88 valence electrons. The second-order valence-corrected chi connectivity index (χ2v) is 2.70. The molecule has 1 rings (SSSR count). The zero-order chi connectivity index (χ0) is 16.7. The summed E-state index contributed by atoms with van der Waals surface area (Å²) in [4.78, 5) is 11.4. The summed E-state index contributed by atoms with van der Waals surface area (Å²) in [7, 11) is 0.849. The van der Waals surface area contributed by atoms with Crippen molar-refractivity contribution in [3.05, 3.63) is 23.7 Å². The minimum absolute atomic E-state index is 0.849. The Morgan fingerprint density at radius 3 is 2.75 bits per heavy atom. The molecule has 2 atom stereocenters. The Morgan fingerprint density at radius 1 is 1.56 bits per heavy atom. The van der Waals surface area contributed by atoms with E-state index in [1.165, 1.54) is 0 Å². The number of phenolic OH excluding ortho intramolecular Hbond substituents is 2. The maximum absolute atomic E-state index is 11.4. The first-order valence-electron chi connectivity index (χ1n) is 6.53. The van der Waals surface area contributed by atoms with Crippen LogP contribution in [0.5, 0.6) is 11.5 Å². The molecule has 0 fully saturated rings. The van der Waals surface area contributed by atoms with Crippen molar-refractivity contribution in [2.24, 2.45) is 5.73 Å². The van der Waals surface area contributed by atoms with Crippen LogP contribution in [0.3, 0.4) is 0 Å². The first-order valence-corrected chi connectivity index (χ1v) is 4.03. The van der Waals surface area contributed by atoms with Gasteiger partial charge < -0.3 is 25.8 Å². The lowest BCUT2D eigenvalue weighted by Gasteiger charge is -2.17. The Bertz CT molecular complexity index is 575. The van der Waals surface area contributed by atoms with Crippen molar-refractivity contribution in [3.63, 3.8) is 0 Å². The third-order valence-corrected chi connectivity index (χ3v) is 1.67. The molecule has 0 bridgehead atoms. The maximum Gasteiger partial charge on any atom is 0.325 e. The fourth-order valence-electron chi connectivity index (χ4n) is 0.849. The molecule has 0 heterocycles. The number of methoxy groups -OCH3 is 1. The number of rotatable bonds is 3. The molecule has 0 aliphatic rings. The second kappa shape index (κ2) is 4.82. The van der Waals surface area contributed by atoms with Crippen LogP contribution in [0.15, 0.2) is 18.1 Å². The van der Waals surface area contributed by atoms with Gasteiger partial charge >= 0.3 is 5.97 Å². The molecule has 6 nitrogen and oxygen atoms in total. The minimum Gasteiger partial charge on any atom is -0.504 e. The van der Waals surface area contributed by atoms with Gasteiger partial charge in [0.05, 0.1) is 14.0 Å². The van der Waals surface area contributed by atoms with E-state index in [4.69, 9.17) is 12.6 Å². The number of carbonyl (C=O) groups excluding carboxylic acids is 1. The van der Waals surface area contributed by atoms with E-state index < -0.39 is 53.3 Å². The van der Waals surface area contributed by atoms with Crippen molar-refractivity contribution >= 4 is 5.97 Å². The van der Waals surface area contributed by atoms with Gasteiger partial charge in [0, 0.05) is 0 Å². The lowest BCUT2D eigenvalue weighted by molar-refractivity contribution is -0.145. The summed E-state index contributed by atoms with van der Waals surface area (Å²) in [5, 5.41) is 28.8. The summed E-state index contributed by atoms with van der Waals surface area (Å²) in [6.45, 7) is 0. The zero-order valence-electron chi connectivity index (χ0n) is 13.2. The molecule has 6 heteroatoms. The fourth-order valence-corrected chi connectivity index (χ4v) is 0.849. The molecule has 0 aliphatic heterocycles. The number of hydrogen-bond acceptors (Lipinski definition) is 6. The first-order chi connectivity index (χ1) is 9.41. The van der Waals surface area contributed by atoms with Crippen molar-refractivity contribution in [2.45, 2.75) is 12.1 Å². The molecule has 0 aliphatic carbocycles. The highest BCUT2D eigenvalue weighted by Crippen LogP contribution is 2.28. The molecule has 1 aromatic rings. The van der Waals surface area contributed by atoms with Gasteiger partial charge in [-0.2, -0.15) is 0 Å². The average molecular weight is 232 g/mol. The van der Waals surface area contributed by atoms with Gasteiger partial charge in [0.2, 0.25) is 0 Å². The lowest BCUT2D eigenvalue weighted by atomic mass is 10.0. The number of phenols is 2. The van der Waals surface area contributed by atoms with Gasteiger partial charge in [0.1, 0.15) is 12.1 Å². The van der Waals surface area contributed by atoms with Crippen LogP contribution in [0.25, 0.3) is 0 Å². The highest BCUT2D eigenvalue weighted by molar-refractivity contribution is 5.76. The van der Waals surface area contributed by atoms with Crippen molar-refractivity contribution in [3.8, 4) is 11.5 Å². The summed E-state index contributed by atoms with van der Waals surface area (Å²) in [5.41, 5.74) is 4.16. The van der Waals surface area contributed by atoms with Gasteiger partial charge in [-0.15, -0.1) is 0 Å². The van der Waals surface area contributed by atoms with Crippen LogP contribution >= 0.6 is 0 Å². The Kier molecular flexibility index (Phi) is 2.03. The van der Waals surface area contributed by atoms with Crippen LogP contribution in [-0.4, -0.2) is 34.4 Å². The summed E-state index contributed by atoms with van der Waals surface area (Å²) in [6, 6.07) is -6.26. The predicted molar refractivity (Wildman–Crippen MR) is 54.7 cm³/mol. The van der Waals surface area contributed by atoms with Gasteiger partial charge in [0.15, 0.2) is 11.5 Å². The molecule has 0 saturated heterocycles. The Labute approximate surface area is 98.9 Å². The molecule has 0 radical (unpaired) electrons. The van der Waals surface area contributed by atoms with E-state index in [1.807, 2.05) is 0 Å². The SMILES string of the molecule is [2H]c1c([2H])c([C@@]([2H])(O)[C@]([2H])(N)C(=O)OC)c([2H])c(O)c1O. The summed E-state index contributed by atoms with van der Waals surface area (Å²) in [6.07, 6.45) is -3.38. The third kappa shape index (κ3) is 2.41. The highest BCUT2D eigenvalue weighted by atomic mass is 16.5. The summed E-state index contributed by atoms with van der Waals surface area (Å²) < 4.78 is 41.8. The van der Waals surface area contributed by atoms with E-state index in [1.54, 1.807) is 0 Å². The zero-order valence-corrected chi connectivity index (χ0v) is 8.24. The molecule has 0 saturated carbocycles. The molecule has 1 aromatic carbocycles. The number of aromatic hydroxyl groups is 2. The van der Waals surface area contributed by atoms with Crippen molar-refractivity contribution in [2.75, 3.05) is 7.11 Å². The topological polar surface area (TPSA) is 113 Å². The molecular weight excluding hydrogens is 214 g/mol. The minimum atomic E-state index is -3.38. The predicted octanol–water partition coefficient (Wildman–Crippen LogP) is -0.369. The number of carbonyl (C=O) groups is 1. The van der Waals surface area contributed by atoms with Crippen LogP contribution in [0.1, 0.15) is 18.5 Å². The number of esters is 1. The van der Waals surface area contributed by atoms with Gasteiger partial charge in [-0.1, -0.05) is 6.04 Å². The monoisotopic (exact) mass is 232 g/mol. The van der Waals surface area contributed by atoms with E-state index in [-0.39, 0.29) is 0 Å². The quantitative estimate of drug-likeness (QED) is 0.418. The van der Waals surface area contributed by atoms with Crippen molar-refractivity contribution in [1.29, 1.82) is 0 Å². The molecule has 0 amide bonds. The Morgan fingerprint density at radius 2 is 2.19 bits per heavy atom. The smallest absolute Gasteiger partial charge is 0.325 e. The molecule has 0 spiro atoms. The standard InChI is InChI=1S/C10H13NO5/c1-16-10(15)8(11)9(14)5-2-3-6(12)7(13)4-5/h2-4,8-9,12-14H,11H2,1H3/t8-,9+/m0/s1/i2D,3D,4D,8D,9D. The number of hydrogen-bond donors (Lipinski definition) is 4. The van der Waals surface area contributed by atoms with E-state index >= 15 is 0 Å². The first kappa shape index (κ1) is 6.72. The normalized spacial score (nSPS) is 22.6. The molecule has 0 unspecified atom stereocenters. The van der Waals surface area contributed by atoms with Gasteiger partial charge in [-0.3, -0.25) is 4.79 Å². The molecule has 0 aromatic heterocycles. The third-order valence-electron chi connectivity index (χ3n) is 1.67. The van der Waals surface area contributed by atoms with E-state index in [9.17, 15) is 20.1 Å². The summed E-state index contributed by atoms with van der Waals surface area (Å²) in [5.74, 6) is -3.81. The lowest BCUT2D eigenvalue weighted by Crippen LogP contribution is -2.37. The van der Waals surface area contributed by atoms with Gasteiger partial charge in [-0.25, -0.2) is 0 Å². The number of benzene rings is 1. The Hall–Kier alpha value is -1.79. The van der Waals surface area contributed by atoms with Crippen LogP contribution in [-0.2, 0) is 9.53 Å². The largest absolute Gasteiger partial charge is 0.504 e. The average Bonchev–Trinajstić information content (AvgIpc) is 2.41. The van der Waals surface area contributed by atoms with Crippen LogP contribution < -0.4 is 5.73 Å². The highest BCUT2D eigenvalue weighted by Gasteiger charge is 2.25. The van der Waals surface area contributed by atoms with E-state index in [0.717, 1.165) is 7.11 Å². The van der Waals surface area contributed by atoms with Crippen LogP contribution in [0.2, 0.25) is 0 Å². The van der Waals surface area contributed by atoms with Crippen molar-refractivity contribution in [1.82, 2.24) is 0 Å². The maximum atomic E-state index is 11.4. The van der Waals surface area contributed by atoms with Crippen LogP contribution in [0, 0.1) is 0 Å². The van der Waals surface area contributed by atoms with Gasteiger partial charge in [0.25, 0.3) is 0 Å². The van der Waals surface area contributed by atoms with E-state index in [2.05, 4.69) is 4.74 Å². The second-order valence-electron chi connectivity index (χ2n) is 2.70. The summed E-state index contributed by atoms with van der Waals surface area (Å²) >= 11 is 0. The van der Waals surface area contributed by atoms with Gasteiger partial charge in [-0.05, 0) is 17.6 Å². The molecular formula is C10H13NO5.